The summed E-state index contributed by atoms with van der Waals surface area (Å²) in [7, 11) is 4.06. The minimum Gasteiger partial charge on any atom is -0.489 e. The molecule has 1 amide bonds. The Morgan fingerprint density at radius 1 is 1.10 bits per heavy atom. The molecule has 0 fully saturated rings. The number of benzene rings is 2. The predicted molar refractivity (Wildman–Crippen MR) is 112 cm³/mol. The van der Waals surface area contributed by atoms with E-state index in [1.54, 1.807) is 12.1 Å². The molecule has 0 radical (unpaired) electrons. The molecular formula is C23H27N3O3. The van der Waals surface area contributed by atoms with Gasteiger partial charge in [0.1, 0.15) is 18.1 Å². The van der Waals surface area contributed by atoms with Crippen LogP contribution in [0.4, 0.5) is 0 Å². The Balaban J connectivity index is 1.63. The smallest absolute Gasteiger partial charge is 0.251 e. The molecule has 0 aliphatic carbocycles. The largest absolute Gasteiger partial charge is 0.489 e. The summed E-state index contributed by atoms with van der Waals surface area (Å²) in [6.45, 7) is 5.40. The topological polar surface area (TPSA) is 67.6 Å². The van der Waals surface area contributed by atoms with E-state index in [4.69, 9.17) is 9.26 Å². The van der Waals surface area contributed by atoms with Crippen LogP contribution < -0.4 is 10.1 Å². The normalized spacial score (nSPS) is 10.9. The average molecular weight is 393 g/mol. The molecule has 6 heteroatoms. The van der Waals surface area contributed by atoms with Gasteiger partial charge in [-0.1, -0.05) is 35.5 Å². The lowest BCUT2D eigenvalue weighted by atomic mass is 10.1. The summed E-state index contributed by atoms with van der Waals surface area (Å²) in [6.07, 6.45) is 0. The summed E-state index contributed by atoms with van der Waals surface area (Å²) in [6, 6.07) is 15.3. The molecule has 1 aromatic heterocycles. The first kappa shape index (κ1) is 20.6. The zero-order valence-electron chi connectivity index (χ0n) is 17.4. The molecule has 3 aromatic rings. The molecule has 2 aromatic carbocycles. The summed E-state index contributed by atoms with van der Waals surface area (Å²) in [5.74, 6) is 1.24. The summed E-state index contributed by atoms with van der Waals surface area (Å²) in [5.41, 5.74) is 4.62. The van der Waals surface area contributed by atoms with Gasteiger partial charge in [0.2, 0.25) is 0 Å². The maximum atomic E-state index is 12.6. The van der Waals surface area contributed by atoms with Crippen LogP contribution in [-0.4, -0.2) is 30.1 Å². The number of nitrogens with one attached hydrogen (secondary N) is 1. The fourth-order valence-corrected chi connectivity index (χ4v) is 3.09. The van der Waals surface area contributed by atoms with Gasteiger partial charge in [-0.05, 0) is 57.3 Å². The Morgan fingerprint density at radius 3 is 2.55 bits per heavy atom. The Kier molecular flexibility index (Phi) is 6.67. The van der Waals surface area contributed by atoms with Crippen molar-refractivity contribution < 1.29 is 14.1 Å². The molecule has 1 N–H and O–H groups in total. The Labute approximate surface area is 171 Å². The summed E-state index contributed by atoms with van der Waals surface area (Å²) < 4.78 is 11.0. The van der Waals surface area contributed by atoms with E-state index in [1.807, 2.05) is 58.3 Å². The van der Waals surface area contributed by atoms with Crippen LogP contribution in [0, 0.1) is 13.8 Å². The molecule has 29 heavy (non-hydrogen) atoms. The number of aryl methyl sites for hydroxylation is 2. The molecule has 0 spiro atoms. The molecule has 152 valence electrons. The highest BCUT2D eigenvalue weighted by Gasteiger charge is 2.12. The van der Waals surface area contributed by atoms with Crippen molar-refractivity contribution >= 4 is 5.91 Å². The number of nitrogens with zero attached hydrogens (tertiary/aromatic N) is 2. The van der Waals surface area contributed by atoms with Crippen LogP contribution in [0.5, 0.6) is 5.75 Å². The summed E-state index contributed by atoms with van der Waals surface area (Å²) in [4.78, 5) is 14.8. The van der Waals surface area contributed by atoms with Crippen LogP contribution in [0.25, 0.3) is 0 Å². The van der Waals surface area contributed by atoms with E-state index in [0.29, 0.717) is 24.5 Å². The van der Waals surface area contributed by atoms with Crippen molar-refractivity contribution in [2.45, 2.75) is 33.5 Å². The Morgan fingerprint density at radius 2 is 1.86 bits per heavy atom. The van der Waals surface area contributed by atoms with Crippen molar-refractivity contribution in [1.29, 1.82) is 0 Å². The minimum absolute atomic E-state index is 0.132. The number of aromatic nitrogens is 1. The number of amides is 1. The van der Waals surface area contributed by atoms with Crippen molar-refractivity contribution in [2.24, 2.45) is 0 Å². The number of rotatable bonds is 8. The second kappa shape index (κ2) is 9.39. The lowest BCUT2D eigenvalue weighted by Crippen LogP contribution is -2.24. The van der Waals surface area contributed by atoms with Gasteiger partial charge in [-0.25, -0.2) is 0 Å². The standard InChI is InChI=1S/C23H27N3O3/c1-16-22(17(2)29-25-16)15-28-21-11-7-10-18(12-21)23(27)24-13-19-8-5-6-9-20(19)14-26(3)4/h5-12H,13-15H2,1-4H3,(H,24,27). The predicted octanol–water partition coefficient (Wildman–Crippen LogP) is 3.86. The van der Waals surface area contributed by atoms with Gasteiger partial charge < -0.3 is 19.5 Å². The maximum Gasteiger partial charge on any atom is 0.251 e. The molecule has 6 nitrogen and oxygen atoms in total. The molecule has 0 saturated carbocycles. The molecule has 0 aliphatic heterocycles. The lowest BCUT2D eigenvalue weighted by Gasteiger charge is -2.15. The number of ether oxygens (including phenoxy) is 1. The van der Waals surface area contributed by atoms with Gasteiger partial charge in [0.15, 0.2) is 0 Å². The SMILES string of the molecule is Cc1noc(C)c1COc1cccc(C(=O)NCc2ccccc2CN(C)C)c1. The fraction of sp³-hybridized carbons (Fsp3) is 0.304. The quantitative estimate of drug-likeness (QED) is 0.629. The van der Waals surface area contributed by atoms with E-state index in [0.717, 1.165) is 29.1 Å². The number of carbonyl (C=O) groups excluding carboxylic acids is 1. The fourth-order valence-electron chi connectivity index (χ4n) is 3.09. The molecule has 3 rings (SSSR count). The number of carbonyl (C=O) groups is 1. The highest BCUT2D eigenvalue weighted by atomic mass is 16.5. The van der Waals surface area contributed by atoms with E-state index in [1.165, 1.54) is 5.56 Å². The first-order chi connectivity index (χ1) is 13.9. The van der Waals surface area contributed by atoms with Crippen LogP contribution >= 0.6 is 0 Å². The van der Waals surface area contributed by atoms with Gasteiger partial charge in [-0.2, -0.15) is 0 Å². The van der Waals surface area contributed by atoms with Crippen LogP contribution in [0.2, 0.25) is 0 Å². The van der Waals surface area contributed by atoms with Crippen LogP contribution in [-0.2, 0) is 19.7 Å². The van der Waals surface area contributed by atoms with E-state index >= 15 is 0 Å². The molecule has 0 saturated heterocycles. The molecule has 0 atom stereocenters. The van der Waals surface area contributed by atoms with Gasteiger partial charge >= 0.3 is 0 Å². The lowest BCUT2D eigenvalue weighted by molar-refractivity contribution is 0.0950. The van der Waals surface area contributed by atoms with Crippen LogP contribution in [0.3, 0.4) is 0 Å². The summed E-state index contributed by atoms with van der Waals surface area (Å²) in [5, 5.41) is 6.94. The molecule has 0 aliphatic rings. The van der Waals surface area contributed by atoms with Crippen LogP contribution in [0.15, 0.2) is 53.1 Å². The van der Waals surface area contributed by atoms with Crippen molar-refractivity contribution in [2.75, 3.05) is 14.1 Å². The zero-order valence-corrected chi connectivity index (χ0v) is 17.4. The van der Waals surface area contributed by atoms with Gasteiger partial charge in [-0.3, -0.25) is 4.79 Å². The van der Waals surface area contributed by atoms with Gasteiger partial charge in [0.25, 0.3) is 5.91 Å². The van der Waals surface area contributed by atoms with Gasteiger partial charge in [0.05, 0.1) is 11.3 Å². The molecule has 0 unspecified atom stereocenters. The Hall–Kier alpha value is -3.12. The zero-order chi connectivity index (χ0) is 20.8. The first-order valence-corrected chi connectivity index (χ1v) is 9.58. The first-order valence-electron chi connectivity index (χ1n) is 9.58. The second-order valence-electron chi connectivity index (χ2n) is 7.31. The van der Waals surface area contributed by atoms with E-state index < -0.39 is 0 Å². The van der Waals surface area contributed by atoms with Crippen molar-refractivity contribution in [3.8, 4) is 5.75 Å². The van der Waals surface area contributed by atoms with Crippen LogP contribution in [0.1, 0.15) is 38.5 Å². The molecule has 1 heterocycles. The average Bonchev–Trinajstić information content (AvgIpc) is 3.03. The summed E-state index contributed by atoms with van der Waals surface area (Å²) >= 11 is 0. The van der Waals surface area contributed by atoms with Gasteiger partial charge in [0, 0.05) is 18.7 Å². The maximum absolute atomic E-state index is 12.6. The third kappa shape index (κ3) is 5.45. The molecule has 0 bridgehead atoms. The van der Waals surface area contributed by atoms with Crippen molar-refractivity contribution in [3.05, 3.63) is 82.2 Å². The van der Waals surface area contributed by atoms with Gasteiger partial charge in [-0.15, -0.1) is 0 Å². The van der Waals surface area contributed by atoms with E-state index in [-0.39, 0.29) is 5.91 Å². The van der Waals surface area contributed by atoms with Crippen molar-refractivity contribution in [3.63, 3.8) is 0 Å². The minimum atomic E-state index is -0.132. The van der Waals surface area contributed by atoms with E-state index in [9.17, 15) is 4.79 Å². The van der Waals surface area contributed by atoms with Crippen molar-refractivity contribution in [1.82, 2.24) is 15.4 Å². The highest BCUT2D eigenvalue weighted by Crippen LogP contribution is 2.19. The highest BCUT2D eigenvalue weighted by molar-refractivity contribution is 5.94. The van der Waals surface area contributed by atoms with E-state index in [2.05, 4.69) is 21.4 Å². The third-order valence-corrected chi connectivity index (χ3v) is 4.70. The second-order valence-corrected chi connectivity index (χ2v) is 7.31. The molecular weight excluding hydrogens is 366 g/mol. The third-order valence-electron chi connectivity index (χ3n) is 4.70. The number of hydrogen-bond acceptors (Lipinski definition) is 5. The monoisotopic (exact) mass is 393 g/mol. The number of hydrogen-bond donors (Lipinski definition) is 1. The Bertz CT molecular complexity index is 960.